The van der Waals surface area contributed by atoms with Crippen LogP contribution in [0, 0.1) is 5.82 Å². The number of amides is 1. The lowest BCUT2D eigenvalue weighted by atomic mass is 9.64. The molecule has 0 bridgehead atoms. The highest BCUT2D eigenvalue weighted by molar-refractivity contribution is 5.85. The molecule has 0 aliphatic heterocycles. The maximum absolute atomic E-state index is 13.0. The Bertz CT molecular complexity index is 460. The Balaban J connectivity index is 0.00000220. The molecule has 5 heteroatoms. The Morgan fingerprint density at radius 2 is 2.00 bits per heavy atom. The minimum absolute atomic E-state index is 0. The van der Waals surface area contributed by atoms with Crippen LogP contribution in [0.15, 0.2) is 24.3 Å². The van der Waals surface area contributed by atoms with Gasteiger partial charge in [0.25, 0.3) is 0 Å². The molecule has 3 N–H and O–H groups in total. The fourth-order valence-electron chi connectivity index (χ4n) is 2.80. The third-order valence-electron chi connectivity index (χ3n) is 4.30. The third-order valence-corrected chi connectivity index (χ3v) is 4.30. The zero-order chi connectivity index (χ0) is 14.6. The van der Waals surface area contributed by atoms with E-state index in [-0.39, 0.29) is 29.5 Å². The Hall–Kier alpha value is -1.13. The van der Waals surface area contributed by atoms with E-state index < -0.39 is 6.04 Å². The molecular weight excluding hydrogens is 291 g/mol. The molecule has 1 unspecified atom stereocenters. The summed E-state index contributed by atoms with van der Waals surface area (Å²) in [7, 11) is 0. The predicted molar refractivity (Wildman–Crippen MR) is 85.1 cm³/mol. The number of nitrogens with two attached hydrogens (primary N) is 1. The van der Waals surface area contributed by atoms with E-state index >= 15 is 0 Å². The van der Waals surface area contributed by atoms with Gasteiger partial charge in [-0.3, -0.25) is 4.79 Å². The van der Waals surface area contributed by atoms with Crippen molar-refractivity contribution in [1.29, 1.82) is 0 Å². The first kappa shape index (κ1) is 17.9. The SMILES string of the molecule is CCCC(N)C(=O)NCC1(c2ccc(F)cc2)CCC1.Cl. The van der Waals surface area contributed by atoms with E-state index in [9.17, 15) is 9.18 Å². The first-order valence-corrected chi connectivity index (χ1v) is 7.37. The van der Waals surface area contributed by atoms with Crippen molar-refractivity contribution in [3.05, 3.63) is 35.6 Å². The Labute approximate surface area is 131 Å². The van der Waals surface area contributed by atoms with Crippen LogP contribution < -0.4 is 11.1 Å². The first-order chi connectivity index (χ1) is 9.57. The van der Waals surface area contributed by atoms with Gasteiger partial charge in [0.15, 0.2) is 0 Å². The van der Waals surface area contributed by atoms with E-state index in [0.717, 1.165) is 31.2 Å². The number of benzene rings is 1. The summed E-state index contributed by atoms with van der Waals surface area (Å²) in [6.07, 6.45) is 4.81. The fraction of sp³-hybridized carbons (Fsp3) is 0.562. The van der Waals surface area contributed by atoms with Crippen molar-refractivity contribution in [3.8, 4) is 0 Å². The van der Waals surface area contributed by atoms with Gasteiger partial charge in [0.1, 0.15) is 5.82 Å². The van der Waals surface area contributed by atoms with Gasteiger partial charge in [0.05, 0.1) is 6.04 Å². The second-order valence-electron chi connectivity index (χ2n) is 5.75. The molecule has 0 aromatic heterocycles. The molecule has 1 aliphatic carbocycles. The lowest BCUT2D eigenvalue weighted by Gasteiger charge is -2.42. The largest absolute Gasteiger partial charge is 0.354 e. The maximum atomic E-state index is 13.0. The van der Waals surface area contributed by atoms with Crippen LogP contribution in [-0.2, 0) is 10.2 Å². The molecule has 118 valence electrons. The molecule has 1 aromatic carbocycles. The Kier molecular flexibility index (Phi) is 6.62. The average molecular weight is 315 g/mol. The zero-order valence-corrected chi connectivity index (χ0v) is 13.2. The quantitative estimate of drug-likeness (QED) is 0.848. The van der Waals surface area contributed by atoms with Gasteiger partial charge in [-0.2, -0.15) is 0 Å². The third kappa shape index (κ3) is 4.17. The van der Waals surface area contributed by atoms with Gasteiger partial charge >= 0.3 is 0 Å². The molecule has 1 atom stereocenters. The van der Waals surface area contributed by atoms with Crippen molar-refractivity contribution >= 4 is 18.3 Å². The summed E-state index contributed by atoms with van der Waals surface area (Å²) < 4.78 is 13.0. The number of rotatable bonds is 6. The van der Waals surface area contributed by atoms with Gasteiger partial charge in [0, 0.05) is 12.0 Å². The predicted octanol–water partition coefficient (Wildman–Crippen LogP) is 2.91. The monoisotopic (exact) mass is 314 g/mol. The van der Waals surface area contributed by atoms with Gasteiger partial charge in [-0.05, 0) is 37.0 Å². The van der Waals surface area contributed by atoms with Gasteiger partial charge < -0.3 is 11.1 Å². The second kappa shape index (κ2) is 7.76. The van der Waals surface area contributed by atoms with E-state index in [2.05, 4.69) is 5.32 Å². The number of carbonyl (C=O) groups is 1. The van der Waals surface area contributed by atoms with Gasteiger partial charge in [-0.25, -0.2) is 4.39 Å². The highest BCUT2D eigenvalue weighted by Crippen LogP contribution is 2.43. The molecule has 3 nitrogen and oxygen atoms in total. The van der Waals surface area contributed by atoms with Crippen LogP contribution in [0.25, 0.3) is 0 Å². The second-order valence-corrected chi connectivity index (χ2v) is 5.75. The standard InChI is InChI=1S/C16H23FN2O.ClH/c1-2-4-14(18)15(20)19-11-16(9-3-10-16)12-5-7-13(17)8-6-12;/h5-8,14H,2-4,9-11,18H2,1H3,(H,19,20);1H. The van der Waals surface area contributed by atoms with Gasteiger partial charge in [-0.1, -0.05) is 31.9 Å². The van der Waals surface area contributed by atoms with Crippen LogP contribution in [0.5, 0.6) is 0 Å². The zero-order valence-electron chi connectivity index (χ0n) is 12.4. The van der Waals surface area contributed by atoms with E-state index in [1.54, 1.807) is 0 Å². The van der Waals surface area contributed by atoms with Crippen LogP contribution in [0.4, 0.5) is 4.39 Å². The molecule has 0 spiro atoms. The summed E-state index contributed by atoms with van der Waals surface area (Å²) in [5.41, 5.74) is 6.89. The van der Waals surface area contributed by atoms with Crippen LogP contribution in [0.1, 0.15) is 44.6 Å². The average Bonchev–Trinajstić information content (AvgIpc) is 2.39. The summed E-state index contributed by atoms with van der Waals surface area (Å²) in [5.74, 6) is -0.308. The Morgan fingerprint density at radius 3 is 2.48 bits per heavy atom. The number of nitrogens with one attached hydrogen (secondary N) is 1. The minimum Gasteiger partial charge on any atom is -0.354 e. The number of hydrogen-bond donors (Lipinski definition) is 2. The molecular formula is C16H24ClFN2O. The van der Waals surface area contributed by atoms with Gasteiger partial charge in [0.2, 0.25) is 5.91 Å². The normalized spacial score (nSPS) is 17.3. The molecule has 1 saturated carbocycles. The van der Waals surface area contributed by atoms with Crippen molar-refractivity contribution in [2.75, 3.05) is 6.54 Å². The summed E-state index contributed by atoms with van der Waals surface area (Å²) in [6.45, 7) is 2.61. The minimum atomic E-state index is -0.426. The molecule has 2 rings (SSSR count). The lowest BCUT2D eigenvalue weighted by molar-refractivity contribution is -0.123. The van der Waals surface area contributed by atoms with Crippen molar-refractivity contribution < 1.29 is 9.18 Å². The van der Waals surface area contributed by atoms with Gasteiger partial charge in [-0.15, -0.1) is 12.4 Å². The van der Waals surface area contributed by atoms with Crippen molar-refractivity contribution in [3.63, 3.8) is 0 Å². The number of hydrogen-bond acceptors (Lipinski definition) is 2. The van der Waals surface area contributed by atoms with Crippen LogP contribution >= 0.6 is 12.4 Å². The first-order valence-electron chi connectivity index (χ1n) is 7.37. The maximum Gasteiger partial charge on any atom is 0.236 e. The lowest BCUT2D eigenvalue weighted by Crippen LogP contribution is -2.49. The van der Waals surface area contributed by atoms with E-state index in [1.807, 2.05) is 19.1 Å². The molecule has 1 aromatic rings. The molecule has 1 aliphatic rings. The van der Waals surface area contributed by atoms with E-state index in [0.29, 0.717) is 13.0 Å². The summed E-state index contributed by atoms with van der Waals surface area (Å²) in [5, 5.41) is 2.97. The van der Waals surface area contributed by atoms with Crippen molar-refractivity contribution in [2.24, 2.45) is 5.73 Å². The summed E-state index contributed by atoms with van der Waals surface area (Å²) >= 11 is 0. The van der Waals surface area contributed by atoms with E-state index in [1.165, 1.54) is 12.1 Å². The van der Waals surface area contributed by atoms with Crippen LogP contribution in [0.3, 0.4) is 0 Å². The summed E-state index contributed by atoms with van der Waals surface area (Å²) in [4.78, 5) is 11.9. The topological polar surface area (TPSA) is 55.1 Å². The fourth-order valence-corrected chi connectivity index (χ4v) is 2.80. The highest BCUT2D eigenvalue weighted by atomic mass is 35.5. The van der Waals surface area contributed by atoms with E-state index in [4.69, 9.17) is 5.73 Å². The molecule has 1 fully saturated rings. The van der Waals surface area contributed by atoms with Crippen molar-refractivity contribution in [2.45, 2.75) is 50.5 Å². The number of halogens is 2. The van der Waals surface area contributed by atoms with Crippen LogP contribution in [-0.4, -0.2) is 18.5 Å². The smallest absolute Gasteiger partial charge is 0.236 e. The number of carbonyl (C=O) groups excluding carboxylic acids is 1. The molecule has 0 heterocycles. The highest BCUT2D eigenvalue weighted by Gasteiger charge is 2.39. The van der Waals surface area contributed by atoms with Crippen molar-refractivity contribution in [1.82, 2.24) is 5.32 Å². The molecule has 21 heavy (non-hydrogen) atoms. The van der Waals surface area contributed by atoms with Crippen LogP contribution in [0.2, 0.25) is 0 Å². The summed E-state index contributed by atoms with van der Waals surface area (Å²) in [6, 6.07) is 6.20. The molecule has 0 saturated heterocycles. The Morgan fingerprint density at radius 1 is 1.38 bits per heavy atom. The molecule has 1 amide bonds. The molecule has 0 radical (unpaired) electrons.